The van der Waals surface area contributed by atoms with Gasteiger partial charge in [0.05, 0.1) is 31.0 Å². The minimum atomic E-state index is -0.969. The Kier molecular flexibility index (Phi) is 7.69. The van der Waals surface area contributed by atoms with Crippen LogP contribution in [0.25, 0.3) is 0 Å². The van der Waals surface area contributed by atoms with Gasteiger partial charge in [-0.05, 0) is 33.9 Å². The van der Waals surface area contributed by atoms with Crippen molar-refractivity contribution < 1.29 is 14.5 Å². The summed E-state index contributed by atoms with van der Waals surface area (Å²) in [5, 5.41) is 17.5. The molecule has 1 radical (unpaired) electrons. The molecule has 0 saturated carbocycles. The number of rotatable bonds is 9. The Balaban J connectivity index is 2.31. The highest BCUT2D eigenvalue weighted by molar-refractivity contribution is 6.42. The highest BCUT2D eigenvalue weighted by Crippen LogP contribution is 2.25. The molecule has 1 atom stereocenters. The maximum absolute atomic E-state index is 10.0. The topological polar surface area (TPSA) is 78.1 Å². The van der Waals surface area contributed by atoms with Gasteiger partial charge in [0, 0.05) is 31.7 Å². The van der Waals surface area contributed by atoms with Crippen LogP contribution >= 0.6 is 0 Å². The number of morpholine rings is 1. The fourth-order valence-corrected chi connectivity index (χ4v) is 1.73. The van der Waals surface area contributed by atoms with E-state index in [2.05, 4.69) is 9.89 Å². The zero-order valence-electron chi connectivity index (χ0n) is 14.2. The van der Waals surface area contributed by atoms with Crippen LogP contribution in [0.5, 0.6) is 0 Å². The van der Waals surface area contributed by atoms with E-state index in [9.17, 15) is 5.11 Å². The molecule has 125 valence electrons. The summed E-state index contributed by atoms with van der Waals surface area (Å²) in [4.78, 5) is 6.68. The largest absolute Gasteiger partial charge is 0.432 e. The van der Waals surface area contributed by atoms with Gasteiger partial charge in [-0.3, -0.25) is 9.89 Å². The average Bonchev–Trinajstić information content (AvgIpc) is 2.46. The van der Waals surface area contributed by atoms with E-state index in [0.717, 1.165) is 32.8 Å². The molecule has 0 bridgehead atoms. The van der Waals surface area contributed by atoms with Crippen molar-refractivity contribution >= 4 is 19.9 Å². The average molecular weight is 310 g/mol. The SMILES string of the molecule is CC(C)(O)C(C)(C)O[B]C(C=N)C=NCCN1CCOCC1. The van der Waals surface area contributed by atoms with Gasteiger partial charge in [-0.25, -0.2) is 0 Å². The van der Waals surface area contributed by atoms with E-state index in [4.69, 9.17) is 14.8 Å². The first kappa shape index (κ1) is 19.3. The maximum Gasteiger partial charge on any atom is 0.308 e. The summed E-state index contributed by atoms with van der Waals surface area (Å²) in [6, 6.07) is 0. The van der Waals surface area contributed by atoms with Crippen LogP contribution in [0, 0.1) is 5.41 Å². The molecule has 0 amide bonds. The summed E-state index contributed by atoms with van der Waals surface area (Å²) < 4.78 is 11.0. The van der Waals surface area contributed by atoms with Gasteiger partial charge in [-0.1, -0.05) is 0 Å². The number of nitrogens with one attached hydrogen (secondary N) is 1. The van der Waals surface area contributed by atoms with Crippen LogP contribution < -0.4 is 0 Å². The Labute approximate surface area is 134 Å². The Bertz CT molecular complexity index is 364. The van der Waals surface area contributed by atoms with Crippen molar-refractivity contribution in [2.24, 2.45) is 4.99 Å². The molecule has 0 spiro atoms. The van der Waals surface area contributed by atoms with E-state index in [-0.39, 0.29) is 5.82 Å². The van der Waals surface area contributed by atoms with Crippen LogP contribution in [0.1, 0.15) is 27.7 Å². The first-order valence-electron chi connectivity index (χ1n) is 7.80. The predicted molar refractivity (Wildman–Crippen MR) is 90.4 cm³/mol. The van der Waals surface area contributed by atoms with Crippen LogP contribution in [0.3, 0.4) is 0 Å². The van der Waals surface area contributed by atoms with Crippen molar-refractivity contribution in [2.45, 2.75) is 44.7 Å². The highest BCUT2D eigenvalue weighted by atomic mass is 16.5. The minimum absolute atomic E-state index is 0.286. The Morgan fingerprint density at radius 2 is 2.00 bits per heavy atom. The second-order valence-corrected chi connectivity index (χ2v) is 6.58. The normalized spacial score (nSPS) is 19.3. The van der Waals surface area contributed by atoms with Crippen LogP contribution in [-0.2, 0) is 9.39 Å². The zero-order chi connectivity index (χ0) is 16.6. The summed E-state index contributed by atoms with van der Waals surface area (Å²) in [7, 11) is 1.56. The van der Waals surface area contributed by atoms with Gasteiger partial charge in [0.1, 0.15) is 0 Å². The predicted octanol–water partition coefficient (Wildman–Crippen LogP) is 1.01. The third-order valence-corrected chi connectivity index (χ3v) is 4.11. The molecule has 1 fully saturated rings. The number of hydrogen-bond acceptors (Lipinski definition) is 6. The molecule has 6 nitrogen and oxygen atoms in total. The van der Waals surface area contributed by atoms with Gasteiger partial charge in [0.2, 0.25) is 0 Å². The van der Waals surface area contributed by atoms with Gasteiger partial charge in [-0.15, -0.1) is 0 Å². The minimum Gasteiger partial charge on any atom is -0.432 e. The molecule has 2 N–H and O–H groups in total. The highest BCUT2D eigenvalue weighted by Gasteiger charge is 2.36. The van der Waals surface area contributed by atoms with Crippen molar-refractivity contribution in [1.82, 2.24) is 4.90 Å². The van der Waals surface area contributed by atoms with Gasteiger partial charge in [-0.2, -0.15) is 0 Å². The molecule has 1 aliphatic rings. The molecule has 1 unspecified atom stereocenters. The Morgan fingerprint density at radius 3 is 2.55 bits per heavy atom. The Hall–Kier alpha value is -0.755. The fourth-order valence-electron chi connectivity index (χ4n) is 1.73. The molecular weight excluding hydrogens is 281 g/mol. The molecule has 0 aromatic heterocycles. The smallest absolute Gasteiger partial charge is 0.308 e. The van der Waals surface area contributed by atoms with Gasteiger partial charge < -0.3 is 19.9 Å². The van der Waals surface area contributed by atoms with Crippen molar-refractivity contribution in [2.75, 3.05) is 39.4 Å². The number of ether oxygens (including phenoxy) is 1. The second-order valence-electron chi connectivity index (χ2n) is 6.58. The van der Waals surface area contributed by atoms with Crippen LogP contribution in [0.4, 0.5) is 0 Å². The third kappa shape index (κ3) is 6.56. The van der Waals surface area contributed by atoms with E-state index in [1.165, 1.54) is 6.21 Å². The summed E-state index contributed by atoms with van der Waals surface area (Å²) in [6.07, 6.45) is 2.99. The molecule has 7 heteroatoms. The number of nitrogens with zero attached hydrogens (tertiary/aromatic N) is 2. The van der Waals surface area contributed by atoms with E-state index in [1.807, 2.05) is 13.8 Å². The lowest BCUT2D eigenvalue weighted by atomic mass is 9.78. The maximum atomic E-state index is 10.0. The molecule has 0 aliphatic carbocycles. The molecule has 22 heavy (non-hydrogen) atoms. The summed E-state index contributed by atoms with van der Waals surface area (Å²) in [5.74, 6) is -0.286. The van der Waals surface area contributed by atoms with E-state index in [0.29, 0.717) is 6.54 Å². The number of hydrogen-bond donors (Lipinski definition) is 2. The molecule has 1 saturated heterocycles. The first-order valence-corrected chi connectivity index (χ1v) is 7.80. The molecule has 1 rings (SSSR count). The van der Waals surface area contributed by atoms with Crippen molar-refractivity contribution in [3.63, 3.8) is 0 Å². The fraction of sp³-hybridized carbons (Fsp3) is 0.867. The lowest BCUT2D eigenvalue weighted by Gasteiger charge is -2.38. The van der Waals surface area contributed by atoms with Crippen LogP contribution in [0.2, 0.25) is 5.82 Å². The second kappa shape index (κ2) is 8.77. The van der Waals surface area contributed by atoms with Crippen molar-refractivity contribution in [3.8, 4) is 0 Å². The molecule has 1 aliphatic heterocycles. The quantitative estimate of drug-likeness (QED) is 0.492. The third-order valence-electron chi connectivity index (χ3n) is 4.11. The van der Waals surface area contributed by atoms with E-state index >= 15 is 0 Å². The standard InChI is InChI=1S/C15H29BN3O3/c1-14(2,20)15(3,4)22-16-13(11-17)12-18-5-6-19-7-9-21-10-8-19/h11-13,17,20H,5-10H2,1-4H3. The van der Waals surface area contributed by atoms with E-state index < -0.39 is 11.2 Å². The molecule has 0 aromatic rings. The van der Waals surface area contributed by atoms with E-state index in [1.54, 1.807) is 27.5 Å². The number of aliphatic imine (C=N–C) groups is 1. The summed E-state index contributed by atoms with van der Waals surface area (Å²) in [6.45, 7) is 12.2. The molecule has 1 heterocycles. The van der Waals surface area contributed by atoms with Crippen LogP contribution in [-0.4, -0.2) is 80.5 Å². The lowest BCUT2D eigenvalue weighted by Crippen LogP contribution is -2.48. The Morgan fingerprint density at radius 1 is 1.36 bits per heavy atom. The zero-order valence-corrected chi connectivity index (χ0v) is 14.2. The monoisotopic (exact) mass is 310 g/mol. The van der Waals surface area contributed by atoms with Gasteiger partial charge >= 0.3 is 7.48 Å². The van der Waals surface area contributed by atoms with Crippen molar-refractivity contribution in [1.29, 1.82) is 5.41 Å². The van der Waals surface area contributed by atoms with Crippen LogP contribution in [0.15, 0.2) is 4.99 Å². The molecular formula is C15H29BN3O3. The van der Waals surface area contributed by atoms with Gasteiger partial charge in [0.15, 0.2) is 0 Å². The van der Waals surface area contributed by atoms with Crippen molar-refractivity contribution in [3.05, 3.63) is 0 Å². The molecule has 0 aromatic carbocycles. The van der Waals surface area contributed by atoms with Gasteiger partial charge in [0.25, 0.3) is 0 Å². The lowest BCUT2D eigenvalue weighted by molar-refractivity contribution is -0.0903. The summed E-state index contributed by atoms with van der Waals surface area (Å²) in [5.41, 5.74) is -1.69. The summed E-state index contributed by atoms with van der Waals surface area (Å²) >= 11 is 0. The first-order chi connectivity index (χ1) is 10.3. The number of aliphatic hydroxyl groups is 1.